The van der Waals surface area contributed by atoms with Crippen LogP contribution in [0.1, 0.15) is 10.4 Å². The van der Waals surface area contributed by atoms with Gasteiger partial charge in [0.25, 0.3) is 5.56 Å². The fraction of sp³-hybridized carbons (Fsp3) is 0.0769. The monoisotopic (exact) mass is 369 g/mol. The zero-order valence-electron chi connectivity index (χ0n) is 9.27. The van der Waals surface area contributed by atoms with Gasteiger partial charge in [-0.05, 0) is 40.2 Å². The van der Waals surface area contributed by atoms with E-state index in [1.165, 1.54) is 4.57 Å². The van der Waals surface area contributed by atoms with Gasteiger partial charge < -0.3 is 4.57 Å². The number of carbonyl (C=O) groups is 1. The minimum absolute atomic E-state index is 0.0416. The van der Waals surface area contributed by atoms with Gasteiger partial charge in [-0.15, -0.1) is 0 Å². The molecule has 0 spiro atoms. The Balaban J connectivity index is 2.24. The molecule has 0 amide bonds. The highest BCUT2D eigenvalue weighted by atomic mass is 79.9. The molecule has 0 aliphatic carbocycles. The fourth-order valence-corrected chi connectivity index (χ4v) is 2.16. The molecule has 0 saturated carbocycles. The van der Waals surface area contributed by atoms with E-state index in [4.69, 9.17) is 0 Å². The quantitative estimate of drug-likeness (QED) is 0.778. The van der Waals surface area contributed by atoms with Crippen LogP contribution in [0.15, 0.2) is 56.3 Å². The number of ketones is 1. The minimum atomic E-state index is -0.206. The molecule has 0 N–H and O–H groups in total. The molecule has 2 aromatic rings. The Morgan fingerprint density at radius 3 is 2.44 bits per heavy atom. The Labute approximate surface area is 121 Å². The van der Waals surface area contributed by atoms with E-state index in [0.29, 0.717) is 10.0 Å². The second-order valence-corrected chi connectivity index (χ2v) is 5.49. The summed E-state index contributed by atoms with van der Waals surface area (Å²) in [5, 5.41) is 0. The maximum Gasteiger partial charge on any atom is 0.265 e. The first-order chi connectivity index (χ1) is 8.58. The van der Waals surface area contributed by atoms with E-state index in [9.17, 15) is 9.59 Å². The number of pyridine rings is 1. The average molecular weight is 371 g/mol. The molecule has 0 fully saturated rings. The summed E-state index contributed by atoms with van der Waals surface area (Å²) in [6.07, 6.45) is 1.60. The number of carbonyl (C=O) groups excluding carboxylic acids is 1. The molecule has 3 nitrogen and oxygen atoms in total. The van der Waals surface area contributed by atoms with Gasteiger partial charge in [-0.25, -0.2) is 0 Å². The molecular weight excluding hydrogens is 362 g/mol. The van der Waals surface area contributed by atoms with Gasteiger partial charge in [0.15, 0.2) is 5.78 Å². The number of halogens is 2. The largest absolute Gasteiger partial charge is 0.307 e. The van der Waals surface area contributed by atoms with E-state index in [2.05, 4.69) is 31.9 Å². The molecule has 2 rings (SSSR count). The molecule has 1 aromatic heterocycles. The van der Waals surface area contributed by atoms with Crippen molar-refractivity contribution in [1.29, 1.82) is 0 Å². The Morgan fingerprint density at radius 1 is 1.11 bits per heavy atom. The molecule has 18 heavy (non-hydrogen) atoms. The second-order valence-electron chi connectivity index (χ2n) is 3.72. The van der Waals surface area contributed by atoms with E-state index < -0.39 is 0 Å². The third kappa shape index (κ3) is 2.97. The lowest BCUT2D eigenvalue weighted by Crippen LogP contribution is -2.23. The van der Waals surface area contributed by atoms with Gasteiger partial charge in [-0.2, -0.15) is 0 Å². The Hall–Kier alpha value is -1.20. The number of hydrogen-bond donors (Lipinski definition) is 0. The Morgan fingerprint density at radius 2 is 1.78 bits per heavy atom. The van der Waals surface area contributed by atoms with Crippen molar-refractivity contribution < 1.29 is 4.79 Å². The molecule has 92 valence electrons. The first kappa shape index (κ1) is 13.2. The molecule has 5 heteroatoms. The molecule has 0 bridgehead atoms. The van der Waals surface area contributed by atoms with Crippen LogP contribution in [0.25, 0.3) is 0 Å². The maximum absolute atomic E-state index is 12.0. The van der Waals surface area contributed by atoms with Gasteiger partial charge >= 0.3 is 0 Å². The van der Waals surface area contributed by atoms with Crippen molar-refractivity contribution in [3.05, 3.63) is 67.5 Å². The van der Waals surface area contributed by atoms with Crippen molar-refractivity contribution in [3.63, 3.8) is 0 Å². The van der Waals surface area contributed by atoms with Crippen LogP contribution in [0, 0.1) is 0 Å². The summed E-state index contributed by atoms with van der Waals surface area (Å²) in [6.45, 7) is 0.0416. The topological polar surface area (TPSA) is 39.1 Å². The number of benzene rings is 1. The standard InChI is InChI=1S/C13H9Br2NO2/c14-10-5-3-9(4-6-10)12(17)8-16-7-1-2-11(15)13(16)18/h1-7H,8H2. The van der Waals surface area contributed by atoms with Crippen molar-refractivity contribution in [2.75, 3.05) is 0 Å². The highest BCUT2D eigenvalue weighted by Gasteiger charge is 2.08. The lowest BCUT2D eigenvalue weighted by atomic mass is 10.1. The number of rotatable bonds is 3. The maximum atomic E-state index is 12.0. The van der Waals surface area contributed by atoms with Crippen LogP contribution in [0.3, 0.4) is 0 Å². The number of nitrogens with zero attached hydrogens (tertiary/aromatic N) is 1. The summed E-state index contributed by atoms with van der Waals surface area (Å²) in [7, 11) is 0. The molecule has 0 unspecified atom stereocenters. The lowest BCUT2D eigenvalue weighted by Gasteiger charge is -2.05. The van der Waals surface area contributed by atoms with Crippen LogP contribution in [0.2, 0.25) is 0 Å². The van der Waals surface area contributed by atoms with Crippen molar-refractivity contribution in [2.24, 2.45) is 0 Å². The summed E-state index contributed by atoms with van der Waals surface area (Å²) in [6, 6.07) is 10.4. The third-order valence-corrected chi connectivity index (χ3v) is 3.59. The number of Topliss-reactive ketones (excluding diaryl/α,β-unsaturated/α-hetero) is 1. The summed E-state index contributed by atoms with van der Waals surface area (Å²) >= 11 is 6.46. The number of hydrogen-bond acceptors (Lipinski definition) is 2. The molecule has 0 radical (unpaired) electrons. The van der Waals surface area contributed by atoms with Crippen LogP contribution in [0.4, 0.5) is 0 Å². The van der Waals surface area contributed by atoms with E-state index >= 15 is 0 Å². The highest BCUT2D eigenvalue weighted by molar-refractivity contribution is 9.10. The summed E-state index contributed by atoms with van der Waals surface area (Å²) in [5.41, 5.74) is 0.382. The Bertz CT molecular complexity index is 632. The van der Waals surface area contributed by atoms with E-state index in [1.54, 1.807) is 42.6 Å². The Kier molecular flexibility index (Phi) is 4.14. The van der Waals surface area contributed by atoms with Gasteiger partial charge in [0, 0.05) is 16.2 Å². The van der Waals surface area contributed by atoms with Crippen LogP contribution in [0.5, 0.6) is 0 Å². The van der Waals surface area contributed by atoms with Crippen molar-refractivity contribution in [3.8, 4) is 0 Å². The van der Waals surface area contributed by atoms with Crippen LogP contribution < -0.4 is 5.56 Å². The van der Waals surface area contributed by atoms with Crippen LogP contribution >= 0.6 is 31.9 Å². The van der Waals surface area contributed by atoms with Crippen molar-refractivity contribution in [2.45, 2.75) is 6.54 Å². The van der Waals surface area contributed by atoms with Gasteiger partial charge in [-0.1, -0.05) is 28.1 Å². The van der Waals surface area contributed by atoms with Gasteiger partial charge in [0.05, 0.1) is 11.0 Å². The molecule has 0 saturated heterocycles. The normalized spacial score (nSPS) is 10.3. The molecule has 0 aliphatic heterocycles. The second kappa shape index (κ2) is 5.63. The zero-order chi connectivity index (χ0) is 13.1. The van der Waals surface area contributed by atoms with Gasteiger partial charge in [-0.3, -0.25) is 9.59 Å². The molecule has 1 aromatic carbocycles. The van der Waals surface area contributed by atoms with Crippen molar-refractivity contribution in [1.82, 2.24) is 4.57 Å². The smallest absolute Gasteiger partial charge is 0.265 e. The molecule has 0 aliphatic rings. The zero-order valence-corrected chi connectivity index (χ0v) is 12.4. The van der Waals surface area contributed by atoms with Crippen LogP contribution in [-0.4, -0.2) is 10.4 Å². The first-order valence-electron chi connectivity index (χ1n) is 5.21. The van der Waals surface area contributed by atoms with E-state index in [0.717, 1.165) is 4.47 Å². The predicted octanol–water partition coefficient (Wildman–Crippen LogP) is 3.26. The highest BCUT2D eigenvalue weighted by Crippen LogP contribution is 2.11. The van der Waals surface area contributed by atoms with Crippen LogP contribution in [-0.2, 0) is 6.54 Å². The first-order valence-corrected chi connectivity index (χ1v) is 6.80. The minimum Gasteiger partial charge on any atom is -0.307 e. The summed E-state index contributed by atoms with van der Waals surface area (Å²) in [4.78, 5) is 23.7. The fourth-order valence-electron chi connectivity index (χ4n) is 1.51. The summed E-state index contributed by atoms with van der Waals surface area (Å²) < 4.78 is 2.75. The summed E-state index contributed by atoms with van der Waals surface area (Å²) in [5.74, 6) is -0.0947. The SMILES string of the molecule is O=C(Cn1cccc(Br)c1=O)c1ccc(Br)cc1. The van der Waals surface area contributed by atoms with E-state index in [1.807, 2.05) is 0 Å². The molecular formula is C13H9Br2NO2. The number of aromatic nitrogens is 1. The average Bonchev–Trinajstić information content (AvgIpc) is 2.36. The van der Waals surface area contributed by atoms with Gasteiger partial charge in [0.2, 0.25) is 0 Å². The van der Waals surface area contributed by atoms with Gasteiger partial charge in [0.1, 0.15) is 0 Å². The van der Waals surface area contributed by atoms with Crippen molar-refractivity contribution >= 4 is 37.6 Å². The lowest BCUT2D eigenvalue weighted by molar-refractivity contribution is 0.0971. The van der Waals surface area contributed by atoms with E-state index in [-0.39, 0.29) is 17.9 Å². The third-order valence-electron chi connectivity index (χ3n) is 2.45. The molecule has 1 heterocycles. The predicted molar refractivity (Wildman–Crippen MR) is 76.9 cm³/mol. The molecule has 0 atom stereocenters.